The summed E-state index contributed by atoms with van der Waals surface area (Å²) >= 11 is 5.97. The molecular formula is C8H6ClNO. The Morgan fingerprint density at radius 2 is 2.27 bits per heavy atom. The summed E-state index contributed by atoms with van der Waals surface area (Å²) in [7, 11) is 0. The quantitative estimate of drug-likeness (QED) is 0.603. The predicted octanol–water partition coefficient (Wildman–Crippen LogP) is 2.79. The van der Waals surface area contributed by atoms with E-state index in [-0.39, 0.29) is 0 Å². The van der Waals surface area contributed by atoms with Crippen LogP contribution in [-0.4, -0.2) is 5.16 Å². The number of fused-ring (bicyclic) bond motifs is 1. The second-order valence-electron chi connectivity index (χ2n) is 2.43. The van der Waals surface area contributed by atoms with Crippen molar-refractivity contribution in [3.05, 3.63) is 28.9 Å². The highest BCUT2D eigenvalue weighted by Gasteiger charge is 2.04. The lowest BCUT2D eigenvalue weighted by molar-refractivity contribution is 0.456. The number of benzene rings is 1. The van der Waals surface area contributed by atoms with E-state index in [2.05, 4.69) is 5.16 Å². The van der Waals surface area contributed by atoms with Gasteiger partial charge >= 0.3 is 0 Å². The second kappa shape index (κ2) is 2.24. The molecular weight excluding hydrogens is 162 g/mol. The Bertz CT molecular complexity index is 394. The van der Waals surface area contributed by atoms with Gasteiger partial charge in [-0.25, -0.2) is 0 Å². The number of rotatable bonds is 0. The predicted molar refractivity (Wildman–Crippen MR) is 43.8 cm³/mol. The highest BCUT2D eigenvalue weighted by Crippen LogP contribution is 2.25. The summed E-state index contributed by atoms with van der Waals surface area (Å²) in [6, 6.07) is 3.78. The summed E-state index contributed by atoms with van der Waals surface area (Å²) in [4.78, 5) is 0. The van der Waals surface area contributed by atoms with Crippen molar-refractivity contribution in [2.45, 2.75) is 6.92 Å². The van der Waals surface area contributed by atoms with Gasteiger partial charge in [0, 0.05) is 0 Å². The van der Waals surface area contributed by atoms with Gasteiger partial charge in [0.05, 0.1) is 16.6 Å². The summed E-state index contributed by atoms with van der Waals surface area (Å²) in [5, 5.41) is 5.25. The van der Waals surface area contributed by atoms with Crippen molar-refractivity contribution >= 4 is 22.6 Å². The molecule has 0 radical (unpaired) electrons. The summed E-state index contributed by atoms with van der Waals surface area (Å²) in [5.74, 6) is 0. The first-order chi connectivity index (χ1) is 5.29. The van der Waals surface area contributed by atoms with Crippen LogP contribution in [0.2, 0.25) is 5.02 Å². The number of aromatic nitrogens is 1. The number of hydrogen-bond donors (Lipinski definition) is 0. The molecule has 0 atom stereocenters. The molecule has 56 valence electrons. The Morgan fingerprint density at radius 1 is 1.45 bits per heavy atom. The van der Waals surface area contributed by atoms with Crippen LogP contribution < -0.4 is 0 Å². The van der Waals surface area contributed by atoms with Crippen molar-refractivity contribution in [1.29, 1.82) is 0 Å². The van der Waals surface area contributed by atoms with Crippen LogP contribution in [0.3, 0.4) is 0 Å². The van der Waals surface area contributed by atoms with E-state index in [1.807, 2.05) is 19.1 Å². The van der Waals surface area contributed by atoms with Crippen LogP contribution in [0.1, 0.15) is 5.56 Å². The van der Waals surface area contributed by atoms with Crippen LogP contribution in [0.15, 0.2) is 22.9 Å². The van der Waals surface area contributed by atoms with E-state index < -0.39 is 0 Å². The third-order valence-electron chi connectivity index (χ3n) is 1.67. The summed E-state index contributed by atoms with van der Waals surface area (Å²) in [6.07, 6.45) is 1.63. The van der Waals surface area contributed by atoms with E-state index in [1.165, 1.54) is 0 Å². The molecule has 0 saturated heterocycles. The van der Waals surface area contributed by atoms with Gasteiger partial charge < -0.3 is 4.52 Å². The SMILES string of the molecule is Cc1ccc2oncc2c1Cl. The number of aryl methyl sites for hydroxylation is 1. The van der Waals surface area contributed by atoms with Crippen molar-refractivity contribution in [2.75, 3.05) is 0 Å². The van der Waals surface area contributed by atoms with Crippen LogP contribution in [0.4, 0.5) is 0 Å². The van der Waals surface area contributed by atoms with Gasteiger partial charge in [0.25, 0.3) is 0 Å². The minimum Gasteiger partial charge on any atom is -0.356 e. The molecule has 3 heteroatoms. The Morgan fingerprint density at radius 3 is 3.09 bits per heavy atom. The van der Waals surface area contributed by atoms with Crippen molar-refractivity contribution in [3.63, 3.8) is 0 Å². The Balaban J connectivity index is 2.93. The van der Waals surface area contributed by atoms with Gasteiger partial charge in [0.15, 0.2) is 5.58 Å². The minimum absolute atomic E-state index is 0.726. The summed E-state index contributed by atoms with van der Waals surface area (Å²) in [6.45, 7) is 1.95. The maximum absolute atomic E-state index is 5.97. The van der Waals surface area contributed by atoms with Crippen LogP contribution in [-0.2, 0) is 0 Å². The molecule has 2 rings (SSSR count). The van der Waals surface area contributed by atoms with E-state index in [1.54, 1.807) is 6.20 Å². The molecule has 0 aliphatic rings. The molecule has 0 aliphatic carbocycles. The van der Waals surface area contributed by atoms with Crippen LogP contribution >= 0.6 is 11.6 Å². The Labute approximate surface area is 68.7 Å². The standard InChI is InChI=1S/C8H6ClNO/c1-5-2-3-7-6(8(5)9)4-10-11-7/h2-4H,1H3. The fraction of sp³-hybridized carbons (Fsp3) is 0.125. The first-order valence-corrected chi connectivity index (χ1v) is 3.66. The normalized spacial score (nSPS) is 10.7. The fourth-order valence-electron chi connectivity index (χ4n) is 1.02. The third-order valence-corrected chi connectivity index (χ3v) is 2.17. The molecule has 2 nitrogen and oxygen atoms in total. The average Bonchev–Trinajstić information content (AvgIpc) is 2.45. The number of hydrogen-bond acceptors (Lipinski definition) is 2. The maximum Gasteiger partial charge on any atom is 0.168 e. The summed E-state index contributed by atoms with van der Waals surface area (Å²) < 4.78 is 4.92. The Kier molecular flexibility index (Phi) is 1.36. The molecule has 0 spiro atoms. The van der Waals surface area contributed by atoms with E-state index in [0.717, 1.165) is 21.6 Å². The van der Waals surface area contributed by atoms with Crippen molar-refractivity contribution in [1.82, 2.24) is 5.16 Å². The molecule has 1 heterocycles. The number of halogens is 1. The zero-order valence-electron chi connectivity index (χ0n) is 5.97. The van der Waals surface area contributed by atoms with Gasteiger partial charge in [0.1, 0.15) is 0 Å². The highest BCUT2D eigenvalue weighted by atomic mass is 35.5. The molecule has 1 aromatic carbocycles. The zero-order chi connectivity index (χ0) is 7.84. The molecule has 0 aliphatic heterocycles. The molecule has 2 aromatic rings. The zero-order valence-corrected chi connectivity index (χ0v) is 6.72. The maximum atomic E-state index is 5.97. The van der Waals surface area contributed by atoms with Gasteiger partial charge in [-0.15, -0.1) is 0 Å². The topological polar surface area (TPSA) is 26.0 Å². The number of nitrogens with zero attached hydrogens (tertiary/aromatic N) is 1. The van der Waals surface area contributed by atoms with Crippen molar-refractivity contribution in [3.8, 4) is 0 Å². The van der Waals surface area contributed by atoms with Crippen LogP contribution in [0, 0.1) is 6.92 Å². The molecule has 0 amide bonds. The lowest BCUT2D eigenvalue weighted by atomic mass is 10.2. The highest BCUT2D eigenvalue weighted by molar-refractivity contribution is 6.36. The van der Waals surface area contributed by atoms with Crippen LogP contribution in [0.25, 0.3) is 11.0 Å². The fourth-order valence-corrected chi connectivity index (χ4v) is 1.22. The van der Waals surface area contributed by atoms with Gasteiger partial charge in [0.2, 0.25) is 0 Å². The summed E-state index contributed by atoms with van der Waals surface area (Å²) in [5.41, 5.74) is 1.78. The Hall–Kier alpha value is -1.02. The molecule has 0 fully saturated rings. The first kappa shape index (κ1) is 6.68. The lowest BCUT2D eigenvalue weighted by Crippen LogP contribution is -1.73. The molecule has 0 N–H and O–H groups in total. The van der Waals surface area contributed by atoms with Gasteiger partial charge in [-0.05, 0) is 18.6 Å². The van der Waals surface area contributed by atoms with E-state index in [9.17, 15) is 0 Å². The monoisotopic (exact) mass is 167 g/mol. The molecule has 0 bridgehead atoms. The molecule has 1 aromatic heterocycles. The largest absolute Gasteiger partial charge is 0.356 e. The van der Waals surface area contributed by atoms with Crippen molar-refractivity contribution in [2.24, 2.45) is 0 Å². The van der Waals surface area contributed by atoms with Crippen molar-refractivity contribution < 1.29 is 4.52 Å². The van der Waals surface area contributed by atoms with E-state index >= 15 is 0 Å². The third kappa shape index (κ3) is 0.906. The van der Waals surface area contributed by atoms with Gasteiger partial charge in [-0.3, -0.25) is 0 Å². The van der Waals surface area contributed by atoms with Crippen LogP contribution in [0.5, 0.6) is 0 Å². The first-order valence-electron chi connectivity index (χ1n) is 3.28. The molecule has 0 unspecified atom stereocenters. The average molecular weight is 168 g/mol. The second-order valence-corrected chi connectivity index (χ2v) is 2.81. The molecule has 11 heavy (non-hydrogen) atoms. The van der Waals surface area contributed by atoms with Gasteiger partial charge in [-0.1, -0.05) is 22.8 Å². The lowest BCUT2D eigenvalue weighted by Gasteiger charge is -1.94. The minimum atomic E-state index is 0.726. The molecule has 0 saturated carbocycles. The van der Waals surface area contributed by atoms with E-state index in [4.69, 9.17) is 16.1 Å². The van der Waals surface area contributed by atoms with Gasteiger partial charge in [-0.2, -0.15) is 0 Å². The van der Waals surface area contributed by atoms with E-state index in [0.29, 0.717) is 0 Å². The smallest absolute Gasteiger partial charge is 0.168 e.